The van der Waals surface area contributed by atoms with Crippen LogP contribution in [0.4, 0.5) is 14.6 Å². The number of hydrogen-bond acceptors (Lipinski definition) is 9. The van der Waals surface area contributed by atoms with Gasteiger partial charge in [-0.1, -0.05) is 0 Å². The predicted octanol–water partition coefficient (Wildman–Crippen LogP) is 2.41. The third-order valence-electron chi connectivity index (χ3n) is 5.84. The maximum Gasteiger partial charge on any atom is 0.333 e. The van der Waals surface area contributed by atoms with E-state index in [1.54, 1.807) is 11.0 Å². The molecule has 1 aliphatic heterocycles. The van der Waals surface area contributed by atoms with Crippen molar-refractivity contribution in [1.82, 2.24) is 14.9 Å². The molecule has 3 N–H and O–H groups in total. The molecule has 0 aromatic carbocycles. The number of ketones is 1. The Labute approximate surface area is 194 Å². The van der Waals surface area contributed by atoms with E-state index >= 15 is 0 Å². The van der Waals surface area contributed by atoms with Gasteiger partial charge in [-0.2, -0.15) is 8.42 Å². The van der Waals surface area contributed by atoms with Crippen molar-refractivity contribution in [3.05, 3.63) is 40.0 Å². The van der Waals surface area contributed by atoms with Crippen LogP contribution in [0, 0.1) is 5.92 Å². The van der Waals surface area contributed by atoms with E-state index in [9.17, 15) is 22.0 Å². The average molecular weight is 502 g/mol. The minimum absolute atomic E-state index is 0.00346. The van der Waals surface area contributed by atoms with Crippen molar-refractivity contribution in [2.75, 3.05) is 25.0 Å². The highest BCUT2D eigenvalue weighted by Gasteiger charge is 2.38. The fourth-order valence-electron chi connectivity index (χ4n) is 4.26. The number of nitrogens with one attached hydrogen (secondary N) is 1. The molecule has 3 heterocycles. The summed E-state index contributed by atoms with van der Waals surface area (Å²) in [7, 11) is -3.97. The van der Waals surface area contributed by atoms with Crippen LogP contribution in [-0.4, -0.2) is 60.7 Å². The number of carbonyl (C=O) groups is 1. The van der Waals surface area contributed by atoms with Crippen LogP contribution >= 0.6 is 11.3 Å². The maximum atomic E-state index is 13.4. The topological polar surface area (TPSA) is 128 Å². The third kappa shape index (κ3) is 6.51. The molecule has 2 aromatic rings. The summed E-state index contributed by atoms with van der Waals surface area (Å²) in [6.45, 7) is 0.460. The van der Waals surface area contributed by atoms with Crippen LogP contribution in [0.15, 0.2) is 24.0 Å². The van der Waals surface area contributed by atoms with Crippen molar-refractivity contribution in [2.24, 2.45) is 11.1 Å². The summed E-state index contributed by atoms with van der Waals surface area (Å²) in [5.41, 5.74) is 1.14. The molecule has 33 heavy (non-hydrogen) atoms. The number of alkyl halides is 2. The molecule has 2 aliphatic rings. The molecule has 1 saturated carbocycles. The van der Waals surface area contributed by atoms with Crippen LogP contribution in [0.25, 0.3) is 0 Å². The zero-order chi connectivity index (χ0) is 23.6. The molecule has 9 nitrogen and oxygen atoms in total. The molecule has 0 radical (unpaired) electrons. The Hall–Kier alpha value is -2.06. The number of aromatic nitrogens is 2. The van der Waals surface area contributed by atoms with Gasteiger partial charge < -0.3 is 5.32 Å². The summed E-state index contributed by atoms with van der Waals surface area (Å²) < 4.78 is 53.5. The fourth-order valence-corrected chi connectivity index (χ4v) is 5.50. The van der Waals surface area contributed by atoms with Crippen LogP contribution in [0.5, 0.6) is 0 Å². The standard InChI is InChI=1S/C20H25F2N5O4S2/c21-20(22)3-4-27(11-20)8-14-6-17(32-10-14)18(28)16-7-24-12-25-19(16)26-15-2-1-13(5-15)9-31-33(23,29)30/h6-7,10,12-13,15H,1-5,8-9,11H2,(H2,23,29,30)(H,24,25,26)/t13-,15+/m1/s1. The zero-order valence-electron chi connectivity index (χ0n) is 17.7. The Kier molecular flexibility index (Phi) is 7.05. The molecular formula is C20H25F2N5O4S2. The quantitative estimate of drug-likeness (QED) is 0.502. The lowest BCUT2D eigenvalue weighted by Gasteiger charge is -2.16. The van der Waals surface area contributed by atoms with Gasteiger partial charge in [-0.05, 0) is 42.2 Å². The first kappa shape index (κ1) is 24.1. The lowest BCUT2D eigenvalue weighted by atomic mass is 10.1. The molecule has 0 amide bonds. The molecule has 4 rings (SSSR count). The number of rotatable bonds is 9. The van der Waals surface area contributed by atoms with Gasteiger partial charge in [0.15, 0.2) is 0 Å². The number of anilines is 1. The van der Waals surface area contributed by atoms with Gasteiger partial charge in [-0.25, -0.2) is 23.9 Å². The predicted molar refractivity (Wildman–Crippen MR) is 118 cm³/mol. The second-order valence-corrected chi connectivity index (χ2v) is 10.7. The summed E-state index contributed by atoms with van der Waals surface area (Å²) >= 11 is 1.26. The maximum absolute atomic E-state index is 13.4. The van der Waals surface area contributed by atoms with E-state index in [2.05, 4.69) is 15.3 Å². The first-order chi connectivity index (χ1) is 15.6. The lowest BCUT2D eigenvalue weighted by Crippen LogP contribution is -2.24. The SMILES string of the molecule is NS(=O)(=O)OC[C@@H]1CC[C@H](Nc2ncncc2C(=O)c2cc(CN3CCC(F)(F)C3)cs2)C1. The number of halogens is 2. The van der Waals surface area contributed by atoms with Gasteiger partial charge in [-0.3, -0.25) is 13.9 Å². The number of likely N-dealkylation sites (tertiary alicyclic amines) is 1. The Balaban J connectivity index is 1.38. The third-order valence-corrected chi connectivity index (χ3v) is 7.28. The largest absolute Gasteiger partial charge is 0.367 e. The number of carbonyl (C=O) groups excluding carboxylic acids is 1. The molecule has 0 bridgehead atoms. The van der Waals surface area contributed by atoms with Crippen LogP contribution in [0.3, 0.4) is 0 Å². The summed E-state index contributed by atoms with van der Waals surface area (Å²) in [5.74, 6) is -2.46. The van der Waals surface area contributed by atoms with Gasteiger partial charge >= 0.3 is 10.3 Å². The molecule has 0 spiro atoms. The molecule has 13 heteroatoms. The minimum atomic E-state index is -3.97. The molecule has 1 aliphatic carbocycles. The van der Waals surface area contributed by atoms with Crippen LogP contribution in [0.2, 0.25) is 0 Å². The molecule has 1 saturated heterocycles. The average Bonchev–Trinajstić information content (AvgIpc) is 3.47. The van der Waals surface area contributed by atoms with Crippen LogP contribution in [0.1, 0.15) is 46.5 Å². The summed E-state index contributed by atoms with van der Waals surface area (Å²) in [6, 6.07) is 1.73. The Morgan fingerprint density at radius 3 is 2.94 bits per heavy atom. The Morgan fingerprint density at radius 1 is 1.39 bits per heavy atom. The lowest BCUT2D eigenvalue weighted by molar-refractivity contribution is 0.0115. The number of nitrogens with two attached hydrogens (primary N) is 1. The monoisotopic (exact) mass is 501 g/mol. The molecule has 0 unspecified atom stereocenters. The second kappa shape index (κ2) is 9.66. The Morgan fingerprint density at radius 2 is 2.21 bits per heavy atom. The van der Waals surface area contributed by atoms with Gasteiger partial charge in [0.1, 0.15) is 12.1 Å². The van der Waals surface area contributed by atoms with E-state index < -0.39 is 16.2 Å². The van der Waals surface area contributed by atoms with Crippen LogP contribution in [-0.2, 0) is 21.0 Å². The Bertz CT molecular complexity index is 1110. The van der Waals surface area contributed by atoms with E-state index in [1.807, 2.05) is 5.38 Å². The minimum Gasteiger partial charge on any atom is -0.367 e. The summed E-state index contributed by atoms with van der Waals surface area (Å²) in [4.78, 5) is 23.5. The molecule has 2 atom stereocenters. The van der Waals surface area contributed by atoms with Crippen molar-refractivity contribution in [2.45, 2.75) is 44.2 Å². The fraction of sp³-hybridized carbons (Fsp3) is 0.550. The van der Waals surface area contributed by atoms with Gasteiger partial charge in [0.05, 0.1) is 23.6 Å². The van der Waals surface area contributed by atoms with E-state index in [1.165, 1.54) is 23.9 Å². The van der Waals surface area contributed by atoms with E-state index in [-0.39, 0.29) is 37.3 Å². The van der Waals surface area contributed by atoms with Gasteiger partial charge in [0.2, 0.25) is 5.78 Å². The van der Waals surface area contributed by atoms with E-state index in [0.717, 1.165) is 18.4 Å². The normalized spacial score (nSPS) is 23.1. The summed E-state index contributed by atoms with van der Waals surface area (Å²) in [6.07, 6.45) is 4.83. The second-order valence-electron chi connectivity index (χ2n) is 8.55. The first-order valence-electron chi connectivity index (χ1n) is 10.5. The van der Waals surface area contributed by atoms with Crippen molar-refractivity contribution >= 4 is 33.2 Å². The van der Waals surface area contributed by atoms with Crippen molar-refractivity contribution in [1.29, 1.82) is 0 Å². The van der Waals surface area contributed by atoms with Crippen molar-refractivity contribution in [3.8, 4) is 0 Å². The van der Waals surface area contributed by atoms with Gasteiger partial charge in [0, 0.05) is 31.7 Å². The number of thiophene rings is 1. The smallest absolute Gasteiger partial charge is 0.333 e. The highest BCUT2D eigenvalue weighted by atomic mass is 32.2. The highest BCUT2D eigenvalue weighted by molar-refractivity contribution is 7.84. The van der Waals surface area contributed by atoms with Gasteiger partial charge in [-0.15, -0.1) is 11.3 Å². The number of hydrogen-bond donors (Lipinski definition) is 2. The zero-order valence-corrected chi connectivity index (χ0v) is 19.4. The van der Waals surface area contributed by atoms with Crippen molar-refractivity contribution in [3.63, 3.8) is 0 Å². The van der Waals surface area contributed by atoms with Crippen molar-refractivity contribution < 1.29 is 26.2 Å². The molecule has 2 fully saturated rings. The van der Waals surface area contributed by atoms with Crippen LogP contribution < -0.4 is 10.5 Å². The molecular weight excluding hydrogens is 476 g/mol. The molecule has 180 valence electrons. The number of nitrogens with zero attached hydrogens (tertiary/aromatic N) is 3. The van der Waals surface area contributed by atoms with E-state index in [4.69, 9.17) is 9.32 Å². The highest BCUT2D eigenvalue weighted by Crippen LogP contribution is 2.31. The first-order valence-corrected chi connectivity index (χ1v) is 12.9. The van der Waals surface area contributed by atoms with Gasteiger partial charge in [0.25, 0.3) is 5.92 Å². The summed E-state index contributed by atoms with van der Waals surface area (Å²) in [5, 5.41) is 9.96. The molecule has 2 aromatic heterocycles. The van der Waals surface area contributed by atoms with E-state index in [0.29, 0.717) is 35.8 Å².